The number of aliphatic hydroxyl groups is 1. The Bertz CT molecular complexity index is 710. The number of hydrogen-bond donors (Lipinski definition) is 2. The molecular formula is C22H29N3O2. The molecule has 1 aliphatic rings. The van der Waals surface area contributed by atoms with E-state index in [1.807, 2.05) is 30.3 Å². The van der Waals surface area contributed by atoms with E-state index in [-0.39, 0.29) is 5.91 Å². The highest BCUT2D eigenvalue weighted by Gasteiger charge is 2.20. The van der Waals surface area contributed by atoms with Crippen LogP contribution in [0.25, 0.3) is 0 Å². The molecule has 3 rings (SSSR count). The van der Waals surface area contributed by atoms with E-state index in [0.29, 0.717) is 13.1 Å². The fourth-order valence-electron chi connectivity index (χ4n) is 3.47. The Morgan fingerprint density at radius 3 is 2.33 bits per heavy atom. The number of aliphatic hydroxyl groups excluding tert-OH is 1. The Kier molecular flexibility index (Phi) is 6.85. The summed E-state index contributed by atoms with van der Waals surface area (Å²) in [7, 11) is 0. The maximum Gasteiger partial charge on any atom is 0.216 e. The van der Waals surface area contributed by atoms with Gasteiger partial charge in [-0.1, -0.05) is 42.5 Å². The summed E-state index contributed by atoms with van der Waals surface area (Å²) in [5.74, 6) is -0.00518. The van der Waals surface area contributed by atoms with Gasteiger partial charge in [-0.05, 0) is 29.7 Å². The smallest absolute Gasteiger partial charge is 0.216 e. The average Bonchev–Trinajstić information content (AvgIpc) is 2.69. The van der Waals surface area contributed by atoms with Crippen molar-refractivity contribution in [2.75, 3.05) is 44.2 Å². The van der Waals surface area contributed by atoms with Crippen molar-refractivity contribution in [3.63, 3.8) is 0 Å². The second-order valence-electron chi connectivity index (χ2n) is 7.11. The highest BCUT2D eigenvalue weighted by molar-refractivity contribution is 5.72. The van der Waals surface area contributed by atoms with Gasteiger partial charge in [0.15, 0.2) is 0 Å². The van der Waals surface area contributed by atoms with Crippen molar-refractivity contribution in [1.82, 2.24) is 10.2 Å². The number of benzene rings is 2. The molecule has 5 heteroatoms. The van der Waals surface area contributed by atoms with E-state index < -0.39 is 6.10 Å². The Labute approximate surface area is 161 Å². The first-order valence-electron chi connectivity index (χ1n) is 9.65. The molecule has 27 heavy (non-hydrogen) atoms. The largest absolute Gasteiger partial charge is 0.387 e. The summed E-state index contributed by atoms with van der Waals surface area (Å²) < 4.78 is 0. The third kappa shape index (κ3) is 5.81. The number of piperazine rings is 1. The number of hydrogen-bond acceptors (Lipinski definition) is 4. The van der Waals surface area contributed by atoms with Crippen molar-refractivity contribution in [3.8, 4) is 0 Å². The number of nitrogens with zero attached hydrogens (tertiary/aromatic N) is 2. The summed E-state index contributed by atoms with van der Waals surface area (Å²) in [6.07, 6.45) is 0.329. The summed E-state index contributed by atoms with van der Waals surface area (Å²) in [5.41, 5.74) is 3.38. The minimum Gasteiger partial charge on any atom is -0.387 e. The fourth-order valence-corrected chi connectivity index (χ4v) is 3.47. The Hall–Kier alpha value is -2.37. The summed E-state index contributed by atoms with van der Waals surface area (Å²) in [4.78, 5) is 15.6. The molecule has 1 fully saturated rings. The van der Waals surface area contributed by atoms with Crippen LogP contribution in [-0.2, 0) is 11.2 Å². The summed E-state index contributed by atoms with van der Waals surface area (Å²) in [5, 5.41) is 13.4. The second kappa shape index (κ2) is 9.53. The predicted molar refractivity (Wildman–Crippen MR) is 109 cm³/mol. The summed E-state index contributed by atoms with van der Waals surface area (Å²) >= 11 is 0. The van der Waals surface area contributed by atoms with Crippen LogP contribution in [0.5, 0.6) is 0 Å². The topological polar surface area (TPSA) is 55.8 Å². The van der Waals surface area contributed by atoms with Gasteiger partial charge in [0, 0.05) is 51.9 Å². The maximum atomic E-state index is 10.9. The van der Waals surface area contributed by atoms with Crippen molar-refractivity contribution >= 4 is 11.6 Å². The maximum absolute atomic E-state index is 10.9. The molecule has 1 heterocycles. The van der Waals surface area contributed by atoms with Crippen LogP contribution in [-0.4, -0.2) is 55.2 Å². The lowest BCUT2D eigenvalue weighted by atomic mass is 10.0. The molecule has 1 amide bonds. The molecule has 5 nitrogen and oxygen atoms in total. The lowest BCUT2D eigenvalue weighted by Gasteiger charge is -2.37. The molecule has 1 unspecified atom stereocenters. The predicted octanol–water partition coefficient (Wildman–Crippen LogP) is 2.22. The van der Waals surface area contributed by atoms with Crippen LogP contribution in [0.1, 0.15) is 24.2 Å². The molecule has 1 atom stereocenters. The quantitative estimate of drug-likeness (QED) is 0.788. The van der Waals surface area contributed by atoms with E-state index in [1.165, 1.54) is 12.6 Å². The van der Waals surface area contributed by atoms with Gasteiger partial charge in [0.05, 0.1) is 6.10 Å². The molecule has 1 saturated heterocycles. The number of para-hydroxylation sites is 1. The van der Waals surface area contributed by atoms with Crippen LogP contribution in [0, 0.1) is 0 Å². The summed E-state index contributed by atoms with van der Waals surface area (Å²) in [6, 6.07) is 18.6. The fraction of sp³-hybridized carbons (Fsp3) is 0.409. The molecule has 2 N–H and O–H groups in total. The molecule has 0 aliphatic carbocycles. The van der Waals surface area contributed by atoms with Crippen molar-refractivity contribution < 1.29 is 9.90 Å². The first-order chi connectivity index (χ1) is 13.1. The van der Waals surface area contributed by atoms with Gasteiger partial charge in [0.25, 0.3) is 0 Å². The monoisotopic (exact) mass is 367 g/mol. The van der Waals surface area contributed by atoms with Crippen LogP contribution in [0.2, 0.25) is 0 Å². The van der Waals surface area contributed by atoms with Gasteiger partial charge < -0.3 is 15.3 Å². The standard InChI is InChI=1S/C22H29N3O2/c1-18(26)23-12-11-19-7-9-20(10-8-19)22(27)17-24-13-15-25(16-14-24)21-5-3-2-4-6-21/h2-10,22,27H,11-17H2,1H3,(H,23,26). The normalized spacial score (nSPS) is 16.1. The number of β-amino-alcohol motifs (C(OH)–C–C–N with tert-alkyl or cyclic N) is 1. The van der Waals surface area contributed by atoms with Crippen molar-refractivity contribution in [2.45, 2.75) is 19.4 Å². The first-order valence-corrected chi connectivity index (χ1v) is 9.65. The van der Waals surface area contributed by atoms with Gasteiger partial charge in [-0.25, -0.2) is 0 Å². The lowest BCUT2D eigenvalue weighted by Crippen LogP contribution is -2.47. The average molecular weight is 367 g/mol. The van der Waals surface area contributed by atoms with Crippen molar-refractivity contribution in [3.05, 3.63) is 65.7 Å². The molecule has 0 saturated carbocycles. The molecule has 2 aromatic carbocycles. The van der Waals surface area contributed by atoms with Gasteiger partial charge in [-0.2, -0.15) is 0 Å². The Morgan fingerprint density at radius 2 is 1.70 bits per heavy atom. The van der Waals surface area contributed by atoms with E-state index in [1.54, 1.807) is 0 Å². The SMILES string of the molecule is CC(=O)NCCc1ccc(C(O)CN2CCN(c3ccccc3)CC2)cc1. The molecular weight excluding hydrogens is 338 g/mol. The van der Waals surface area contributed by atoms with Gasteiger partial charge in [-0.15, -0.1) is 0 Å². The number of nitrogens with one attached hydrogen (secondary N) is 1. The number of carbonyl (C=O) groups is 1. The molecule has 0 radical (unpaired) electrons. The Morgan fingerprint density at radius 1 is 1.04 bits per heavy atom. The van der Waals surface area contributed by atoms with E-state index in [0.717, 1.165) is 43.7 Å². The van der Waals surface area contributed by atoms with E-state index in [9.17, 15) is 9.90 Å². The molecule has 0 bridgehead atoms. The third-order valence-electron chi connectivity index (χ3n) is 5.08. The van der Waals surface area contributed by atoms with Crippen LogP contribution < -0.4 is 10.2 Å². The molecule has 2 aromatic rings. The minimum absolute atomic E-state index is 0.00518. The van der Waals surface area contributed by atoms with Crippen molar-refractivity contribution in [2.24, 2.45) is 0 Å². The number of carbonyl (C=O) groups excluding carboxylic acids is 1. The molecule has 144 valence electrons. The number of anilines is 1. The van der Waals surface area contributed by atoms with Gasteiger partial charge in [0.1, 0.15) is 0 Å². The van der Waals surface area contributed by atoms with Crippen LogP contribution in [0.15, 0.2) is 54.6 Å². The van der Waals surface area contributed by atoms with Crippen LogP contribution in [0.3, 0.4) is 0 Å². The minimum atomic E-state index is -0.474. The highest BCUT2D eigenvalue weighted by Crippen LogP contribution is 2.19. The van der Waals surface area contributed by atoms with Gasteiger partial charge in [0.2, 0.25) is 5.91 Å². The zero-order chi connectivity index (χ0) is 19.1. The van der Waals surface area contributed by atoms with Crippen LogP contribution in [0.4, 0.5) is 5.69 Å². The van der Waals surface area contributed by atoms with Crippen LogP contribution >= 0.6 is 0 Å². The Balaban J connectivity index is 1.45. The van der Waals surface area contributed by atoms with Gasteiger partial charge in [-0.3, -0.25) is 9.69 Å². The summed E-state index contributed by atoms with van der Waals surface area (Å²) in [6.45, 7) is 6.72. The first kappa shape index (κ1) is 19.4. The van der Waals surface area contributed by atoms with E-state index in [4.69, 9.17) is 0 Å². The van der Waals surface area contributed by atoms with E-state index >= 15 is 0 Å². The molecule has 0 aromatic heterocycles. The lowest BCUT2D eigenvalue weighted by molar-refractivity contribution is -0.118. The third-order valence-corrected chi connectivity index (χ3v) is 5.08. The molecule has 0 spiro atoms. The number of amides is 1. The highest BCUT2D eigenvalue weighted by atomic mass is 16.3. The van der Waals surface area contributed by atoms with Gasteiger partial charge >= 0.3 is 0 Å². The molecule has 1 aliphatic heterocycles. The zero-order valence-electron chi connectivity index (χ0n) is 16.0. The van der Waals surface area contributed by atoms with E-state index in [2.05, 4.69) is 39.4 Å². The zero-order valence-corrected chi connectivity index (χ0v) is 16.0. The second-order valence-corrected chi connectivity index (χ2v) is 7.11. The number of rotatable bonds is 7. The van der Waals surface area contributed by atoms with Crippen molar-refractivity contribution in [1.29, 1.82) is 0 Å².